The van der Waals surface area contributed by atoms with E-state index >= 15 is 0 Å². The van der Waals surface area contributed by atoms with Crippen LogP contribution in [0.15, 0.2) is 60.9 Å². The fourth-order valence-corrected chi connectivity index (χ4v) is 4.63. The van der Waals surface area contributed by atoms with Crippen molar-refractivity contribution in [1.29, 1.82) is 0 Å². The van der Waals surface area contributed by atoms with Gasteiger partial charge in [-0.15, -0.1) is 0 Å². The van der Waals surface area contributed by atoms with Gasteiger partial charge in [0.15, 0.2) is 11.5 Å². The summed E-state index contributed by atoms with van der Waals surface area (Å²) >= 11 is 0. The van der Waals surface area contributed by atoms with Gasteiger partial charge in [0, 0.05) is 44.5 Å². The molecule has 210 valence electrons. The van der Waals surface area contributed by atoms with Crippen LogP contribution in [0.3, 0.4) is 0 Å². The number of hydrogen-bond acceptors (Lipinski definition) is 5. The van der Waals surface area contributed by atoms with E-state index in [2.05, 4.69) is 22.1 Å². The van der Waals surface area contributed by atoms with Crippen molar-refractivity contribution in [3.8, 4) is 11.5 Å². The quantitative estimate of drug-likeness (QED) is 0.416. The second-order valence-electron chi connectivity index (χ2n) is 9.59. The number of aromatic nitrogens is 2. The smallest absolute Gasteiger partial charge is 0.419 e. The highest BCUT2D eigenvalue weighted by Gasteiger charge is 2.32. The summed E-state index contributed by atoms with van der Waals surface area (Å²) in [4.78, 5) is 17.2. The first kappa shape index (κ1) is 28.5. The van der Waals surface area contributed by atoms with Gasteiger partial charge in [0.25, 0.3) is 0 Å². The van der Waals surface area contributed by atoms with Crippen LogP contribution >= 0.6 is 0 Å². The van der Waals surface area contributed by atoms with E-state index in [-0.39, 0.29) is 12.5 Å². The number of para-hydroxylation sites is 1. The van der Waals surface area contributed by atoms with Crippen molar-refractivity contribution >= 4 is 5.91 Å². The van der Waals surface area contributed by atoms with E-state index in [0.717, 1.165) is 59.0 Å². The van der Waals surface area contributed by atoms with Gasteiger partial charge >= 0.3 is 6.18 Å². The van der Waals surface area contributed by atoms with E-state index in [4.69, 9.17) is 9.47 Å². The number of amides is 1. The number of hydrogen-bond donors (Lipinski definition) is 0. The monoisotopic (exact) mass is 544 g/mol. The van der Waals surface area contributed by atoms with Crippen molar-refractivity contribution in [3.05, 3.63) is 77.6 Å². The lowest BCUT2D eigenvalue weighted by atomic mass is 10.1. The molecule has 0 aliphatic carbocycles. The van der Waals surface area contributed by atoms with Crippen LogP contribution in [-0.2, 0) is 30.6 Å². The maximum atomic E-state index is 13.2. The molecule has 1 aliphatic heterocycles. The number of carbonyl (C=O) groups is 1. The Bertz CT molecular complexity index is 1200. The van der Waals surface area contributed by atoms with Crippen LogP contribution in [0, 0.1) is 0 Å². The van der Waals surface area contributed by atoms with Crippen molar-refractivity contribution < 1.29 is 27.4 Å². The van der Waals surface area contributed by atoms with E-state index in [0.29, 0.717) is 45.9 Å². The van der Waals surface area contributed by atoms with E-state index in [9.17, 15) is 18.0 Å². The van der Waals surface area contributed by atoms with Crippen LogP contribution in [0.4, 0.5) is 13.2 Å². The molecule has 3 aromatic rings. The molecule has 0 spiro atoms. The highest BCUT2D eigenvalue weighted by molar-refractivity contribution is 5.75. The van der Waals surface area contributed by atoms with Crippen molar-refractivity contribution in [2.75, 3.05) is 32.8 Å². The summed E-state index contributed by atoms with van der Waals surface area (Å²) in [5.74, 6) is 1.22. The zero-order chi connectivity index (χ0) is 27.7. The van der Waals surface area contributed by atoms with Crippen LogP contribution in [-0.4, -0.2) is 58.3 Å². The Labute approximate surface area is 227 Å². The molecule has 0 bridgehead atoms. The molecule has 0 unspecified atom stereocenters. The molecule has 0 saturated heterocycles. The molecule has 10 heteroatoms. The van der Waals surface area contributed by atoms with Gasteiger partial charge in [0.05, 0.1) is 25.0 Å². The Balaban J connectivity index is 1.55. The number of fused-ring (bicyclic) bond motifs is 1. The summed E-state index contributed by atoms with van der Waals surface area (Å²) < 4.78 is 52.2. The highest BCUT2D eigenvalue weighted by Crippen LogP contribution is 2.33. The summed E-state index contributed by atoms with van der Waals surface area (Å²) in [5.41, 5.74) is 1.28. The molecule has 1 amide bonds. The number of ether oxygens (including phenoxy) is 2. The minimum Gasteiger partial charge on any atom is -0.490 e. The van der Waals surface area contributed by atoms with Crippen LogP contribution in [0.2, 0.25) is 0 Å². The van der Waals surface area contributed by atoms with Gasteiger partial charge in [-0.25, -0.2) is 0 Å². The maximum absolute atomic E-state index is 13.2. The predicted molar refractivity (Wildman–Crippen MR) is 141 cm³/mol. The molecule has 0 saturated carbocycles. The molecule has 1 aromatic heterocycles. The number of nitrogens with zero attached hydrogens (tertiary/aromatic N) is 4. The summed E-state index contributed by atoms with van der Waals surface area (Å²) in [5, 5.41) is 3.76. The topological polar surface area (TPSA) is 59.8 Å². The summed E-state index contributed by atoms with van der Waals surface area (Å²) in [6, 6.07) is 16.0. The molecule has 0 radical (unpaired) electrons. The molecule has 1 aliphatic rings. The molecular formula is C29H35F3N4O3. The van der Waals surface area contributed by atoms with Gasteiger partial charge in [0.2, 0.25) is 5.91 Å². The largest absolute Gasteiger partial charge is 0.490 e. The Morgan fingerprint density at radius 1 is 1.03 bits per heavy atom. The molecule has 39 heavy (non-hydrogen) atoms. The van der Waals surface area contributed by atoms with Crippen LogP contribution in [0.5, 0.6) is 11.5 Å². The molecule has 7 nitrogen and oxygen atoms in total. The minimum atomic E-state index is -4.49. The van der Waals surface area contributed by atoms with Crippen LogP contribution in [0.25, 0.3) is 0 Å². The first-order chi connectivity index (χ1) is 18.8. The SMILES string of the molecule is CCOc1cccc2c1OCCCCCN(C(=O)Cn1cc(C(F)(F)F)cn1)CCN(Cc1ccccc1)C2. The third kappa shape index (κ3) is 8.23. The molecule has 2 heterocycles. The molecule has 0 N–H and O–H groups in total. The fourth-order valence-electron chi connectivity index (χ4n) is 4.63. The van der Waals surface area contributed by atoms with Gasteiger partial charge < -0.3 is 14.4 Å². The molecule has 0 fully saturated rings. The summed E-state index contributed by atoms with van der Waals surface area (Å²) in [6.45, 7) is 5.55. The predicted octanol–water partition coefficient (Wildman–Crippen LogP) is 5.39. The van der Waals surface area contributed by atoms with Gasteiger partial charge in [-0.05, 0) is 37.8 Å². The van der Waals surface area contributed by atoms with Crippen molar-refractivity contribution in [2.24, 2.45) is 0 Å². The zero-order valence-electron chi connectivity index (χ0n) is 22.2. The Morgan fingerprint density at radius 2 is 1.85 bits per heavy atom. The second-order valence-corrected chi connectivity index (χ2v) is 9.59. The van der Waals surface area contributed by atoms with E-state index in [1.807, 2.05) is 43.3 Å². The third-order valence-electron chi connectivity index (χ3n) is 6.62. The summed E-state index contributed by atoms with van der Waals surface area (Å²) in [6.07, 6.45) is -0.438. The lowest BCUT2D eigenvalue weighted by Crippen LogP contribution is -2.40. The van der Waals surface area contributed by atoms with Gasteiger partial charge in [-0.3, -0.25) is 14.4 Å². The van der Waals surface area contributed by atoms with Gasteiger partial charge in [-0.1, -0.05) is 42.5 Å². The number of benzene rings is 2. The van der Waals surface area contributed by atoms with Crippen LogP contribution < -0.4 is 9.47 Å². The van der Waals surface area contributed by atoms with E-state index in [1.165, 1.54) is 0 Å². The Hall–Kier alpha value is -3.53. The van der Waals surface area contributed by atoms with Crippen molar-refractivity contribution in [2.45, 2.75) is 52.0 Å². The van der Waals surface area contributed by atoms with Crippen molar-refractivity contribution in [1.82, 2.24) is 19.6 Å². The Morgan fingerprint density at radius 3 is 2.59 bits per heavy atom. The average molecular weight is 545 g/mol. The highest BCUT2D eigenvalue weighted by atomic mass is 19.4. The first-order valence-electron chi connectivity index (χ1n) is 13.3. The number of carbonyl (C=O) groups excluding carboxylic acids is 1. The standard InChI is InChI=1S/C29H35F3N4O3/c1-2-38-26-13-9-12-24-20-34(19-23-10-5-3-6-11-23)15-16-35(14-7-4-8-17-39-28(24)26)27(37)22-36-21-25(18-33-36)29(30,31)32/h3,5-6,9-13,18,21H,2,4,7-8,14-17,19-20,22H2,1H3. The zero-order valence-corrected chi connectivity index (χ0v) is 22.2. The number of alkyl halides is 3. The normalized spacial score (nSPS) is 15.8. The van der Waals surface area contributed by atoms with Crippen LogP contribution in [0.1, 0.15) is 42.9 Å². The average Bonchev–Trinajstić information content (AvgIpc) is 3.38. The van der Waals surface area contributed by atoms with Crippen molar-refractivity contribution in [3.63, 3.8) is 0 Å². The molecular weight excluding hydrogens is 509 g/mol. The summed E-state index contributed by atoms with van der Waals surface area (Å²) in [7, 11) is 0. The molecule has 4 rings (SSSR count). The molecule has 2 aromatic carbocycles. The first-order valence-corrected chi connectivity index (χ1v) is 13.3. The van der Waals surface area contributed by atoms with E-state index in [1.54, 1.807) is 4.90 Å². The number of halogens is 3. The van der Waals surface area contributed by atoms with Gasteiger partial charge in [-0.2, -0.15) is 18.3 Å². The maximum Gasteiger partial charge on any atom is 0.419 e. The second kappa shape index (κ2) is 13.5. The lowest BCUT2D eigenvalue weighted by molar-refractivity contribution is -0.138. The number of rotatable bonds is 6. The van der Waals surface area contributed by atoms with E-state index < -0.39 is 11.7 Å². The fraction of sp³-hybridized carbons (Fsp3) is 0.448. The van der Waals surface area contributed by atoms with Gasteiger partial charge in [0.1, 0.15) is 6.54 Å². The molecule has 0 atom stereocenters. The minimum absolute atomic E-state index is 0.238. The lowest BCUT2D eigenvalue weighted by Gasteiger charge is -2.28. The Kier molecular flexibility index (Phi) is 9.86. The third-order valence-corrected chi connectivity index (χ3v) is 6.62.